The maximum atomic E-state index is 12.6. The van der Waals surface area contributed by atoms with E-state index in [2.05, 4.69) is 0 Å². The monoisotopic (exact) mass is 337 g/mol. The van der Waals surface area contributed by atoms with E-state index in [1.165, 1.54) is 6.92 Å². The van der Waals surface area contributed by atoms with Crippen molar-refractivity contribution in [2.75, 3.05) is 5.73 Å². The number of imide groups is 2. The van der Waals surface area contributed by atoms with Crippen molar-refractivity contribution in [1.29, 1.82) is 0 Å². The first-order valence-electron chi connectivity index (χ1n) is 6.85. The van der Waals surface area contributed by atoms with Gasteiger partial charge in [0.25, 0.3) is 5.91 Å². The molecular formula is C14H15N3O7. The number of nitrogen functional groups attached to an aromatic ring is 1. The van der Waals surface area contributed by atoms with E-state index in [-0.39, 0.29) is 30.5 Å². The summed E-state index contributed by atoms with van der Waals surface area (Å²) >= 11 is 0. The molecule has 1 heterocycles. The van der Waals surface area contributed by atoms with Crippen molar-refractivity contribution in [2.24, 2.45) is 0 Å². The molecule has 2 rings (SSSR count). The Kier molecular flexibility index (Phi) is 4.31. The predicted molar refractivity (Wildman–Crippen MR) is 79.0 cm³/mol. The number of piperidine rings is 1. The van der Waals surface area contributed by atoms with Gasteiger partial charge in [-0.25, -0.2) is 0 Å². The van der Waals surface area contributed by atoms with E-state index in [1.54, 1.807) is 0 Å². The summed E-state index contributed by atoms with van der Waals surface area (Å²) < 4.78 is 0. The van der Waals surface area contributed by atoms with E-state index in [4.69, 9.17) is 5.73 Å². The number of nitrogens with one attached hydrogen (secondary N) is 1. The Morgan fingerprint density at radius 2 is 1.88 bits per heavy atom. The number of phenolic OH excluding ortho intramolecular Hbond substituents is 3. The highest BCUT2D eigenvalue weighted by Crippen LogP contribution is 2.45. The minimum atomic E-state index is -1.25. The lowest BCUT2D eigenvalue weighted by Crippen LogP contribution is -2.54. The SMILES string of the molecule is Cc1c(N)c(O)c(O)c(O)c1C(=O)N(C=O)C1CCC(=O)NC1=O. The van der Waals surface area contributed by atoms with E-state index in [1.807, 2.05) is 5.32 Å². The van der Waals surface area contributed by atoms with E-state index in [0.717, 1.165) is 0 Å². The third-order valence-electron chi connectivity index (χ3n) is 3.83. The van der Waals surface area contributed by atoms with Crippen molar-refractivity contribution >= 4 is 29.8 Å². The van der Waals surface area contributed by atoms with Crippen LogP contribution in [0, 0.1) is 6.92 Å². The molecule has 1 aliphatic heterocycles. The zero-order chi connectivity index (χ0) is 18.2. The number of nitrogens with two attached hydrogens (primary N) is 1. The number of carbonyl (C=O) groups is 4. The quantitative estimate of drug-likeness (QED) is 0.155. The van der Waals surface area contributed by atoms with Gasteiger partial charge in [0.1, 0.15) is 6.04 Å². The molecule has 0 bridgehead atoms. The molecule has 10 heteroatoms. The first kappa shape index (κ1) is 17.1. The maximum absolute atomic E-state index is 12.6. The Balaban J connectivity index is 2.49. The number of aromatic hydroxyl groups is 3. The maximum Gasteiger partial charge on any atom is 0.265 e. The molecule has 0 saturated carbocycles. The van der Waals surface area contributed by atoms with Crippen molar-refractivity contribution in [3.05, 3.63) is 11.1 Å². The molecule has 4 amide bonds. The number of hydrogen-bond acceptors (Lipinski definition) is 8. The fourth-order valence-corrected chi connectivity index (χ4v) is 2.45. The Hall–Kier alpha value is -3.30. The summed E-state index contributed by atoms with van der Waals surface area (Å²) in [6, 6.07) is -1.25. The van der Waals surface area contributed by atoms with Crippen LogP contribution >= 0.6 is 0 Å². The van der Waals surface area contributed by atoms with Crippen LogP contribution in [-0.2, 0) is 14.4 Å². The third-order valence-corrected chi connectivity index (χ3v) is 3.83. The average molecular weight is 337 g/mol. The number of hydrogen-bond donors (Lipinski definition) is 5. The Morgan fingerprint density at radius 1 is 1.25 bits per heavy atom. The number of phenols is 3. The number of amides is 4. The number of benzene rings is 1. The van der Waals surface area contributed by atoms with Crippen molar-refractivity contribution in [3.63, 3.8) is 0 Å². The lowest BCUT2D eigenvalue weighted by molar-refractivity contribution is -0.139. The lowest BCUT2D eigenvalue weighted by atomic mass is 9.99. The molecule has 1 aromatic carbocycles. The zero-order valence-corrected chi connectivity index (χ0v) is 12.6. The number of anilines is 1. The molecule has 1 saturated heterocycles. The van der Waals surface area contributed by atoms with E-state index < -0.39 is 46.6 Å². The van der Waals surface area contributed by atoms with Crippen molar-refractivity contribution in [2.45, 2.75) is 25.8 Å². The highest BCUT2D eigenvalue weighted by atomic mass is 16.3. The second-order valence-corrected chi connectivity index (χ2v) is 5.24. The molecule has 10 nitrogen and oxygen atoms in total. The van der Waals surface area contributed by atoms with Crippen LogP contribution in [0.2, 0.25) is 0 Å². The van der Waals surface area contributed by atoms with Crippen LogP contribution in [-0.4, -0.2) is 50.4 Å². The molecule has 1 atom stereocenters. The molecule has 0 aromatic heterocycles. The molecule has 0 spiro atoms. The molecule has 1 unspecified atom stereocenters. The summed E-state index contributed by atoms with van der Waals surface area (Å²) in [5, 5.41) is 31.1. The second-order valence-electron chi connectivity index (χ2n) is 5.24. The van der Waals surface area contributed by atoms with Crippen LogP contribution in [0.15, 0.2) is 0 Å². The van der Waals surface area contributed by atoms with Crippen LogP contribution in [0.3, 0.4) is 0 Å². The lowest BCUT2D eigenvalue weighted by Gasteiger charge is -2.29. The summed E-state index contributed by atoms with van der Waals surface area (Å²) in [6.45, 7) is 1.29. The average Bonchev–Trinajstić information content (AvgIpc) is 2.54. The first-order chi connectivity index (χ1) is 11.2. The predicted octanol–water partition coefficient (Wildman–Crippen LogP) is -0.902. The summed E-state index contributed by atoms with van der Waals surface area (Å²) in [7, 11) is 0. The summed E-state index contributed by atoms with van der Waals surface area (Å²) in [4.78, 5) is 47.4. The van der Waals surface area contributed by atoms with Gasteiger partial charge < -0.3 is 21.1 Å². The number of carbonyl (C=O) groups excluding carboxylic acids is 4. The van der Waals surface area contributed by atoms with Gasteiger partial charge in [-0.1, -0.05) is 0 Å². The number of rotatable bonds is 3. The second kappa shape index (κ2) is 6.07. The van der Waals surface area contributed by atoms with Crippen molar-refractivity contribution in [1.82, 2.24) is 10.2 Å². The molecule has 128 valence electrons. The largest absolute Gasteiger partial charge is 0.504 e. The van der Waals surface area contributed by atoms with Gasteiger partial charge in [0.05, 0.1) is 11.3 Å². The highest BCUT2D eigenvalue weighted by molar-refractivity contribution is 6.09. The molecule has 6 N–H and O–H groups in total. The summed E-state index contributed by atoms with van der Waals surface area (Å²) in [5.41, 5.74) is 4.59. The van der Waals surface area contributed by atoms with E-state index in [0.29, 0.717) is 4.90 Å². The van der Waals surface area contributed by atoms with Gasteiger partial charge in [-0.05, 0) is 18.9 Å². The normalized spacial score (nSPS) is 17.3. The fourth-order valence-electron chi connectivity index (χ4n) is 2.45. The Bertz CT molecular complexity index is 730. The van der Waals surface area contributed by atoms with Gasteiger partial charge in [-0.2, -0.15) is 0 Å². The minimum absolute atomic E-state index is 0.0675. The summed E-state index contributed by atoms with van der Waals surface area (Å²) in [5.74, 6) is -5.25. The molecule has 1 fully saturated rings. The molecule has 24 heavy (non-hydrogen) atoms. The molecule has 1 aromatic rings. The highest BCUT2D eigenvalue weighted by Gasteiger charge is 2.37. The first-order valence-corrected chi connectivity index (χ1v) is 6.85. The van der Waals surface area contributed by atoms with Crippen LogP contribution < -0.4 is 11.1 Å². The minimum Gasteiger partial charge on any atom is -0.504 e. The Morgan fingerprint density at radius 3 is 2.42 bits per heavy atom. The zero-order valence-electron chi connectivity index (χ0n) is 12.6. The topological polar surface area (TPSA) is 170 Å². The Labute approximate surface area is 135 Å². The van der Waals surface area contributed by atoms with Crippen LogP contribution in [0.25, 0.3) is 0 Å². The molecule has 1 aliphatic rings. The van der Waals surface area contributed by atoms with Crippen LogP contribution in [0.4, 0.5) is 5.69 Å². The molecule has 0 aliphatic carbocycles. The van der Waals surface area contributed by atoms with Crippen LogP contribution in [0.1, 0.15) is 28.8 Å². The van der Waals surface area contributed by atoms with E-state index in [9.17, 15) is 34.5 Å². The van der Waals surface area contributed by atoms with Gasteiger partial charge in [0.15, 0.2) is 11.5 Å². The third kappa shape index (κ3) is 2.57. The van der Waals surface area contributed by atoms with Gasteiger partial charge in [-0.15, -0.1) is 0 Å². The van der Waals surface area contributed by atoms with Crippen molar-refractivity contribution in [3.8, 4) is 17.2 Å². The standard InChI is InChI=1S/C14H15N3O7/c1-5-8(10(20)12(22)11(21)9(5)15)14(24)17(4-18)6-2-3-7(19)16-13(6)23/h4,6,20-22H,2-3,15H2,1H3,(H,16,19,23). The van der Waals surface area contributed by atoms with Gasteiger partial charge in [-0.3, -0.25) is 29.4 Å². The fraction of sp³-hybridized carbons (Fsp3) is 0.286. The van der Waals surface area contributed by atoms with Gasteiger partial charge in [0, 0.05) is 6.42 Å². The number of nitrogens with zero attached hydrogens (tertiary/aromatic N) is 1. The molecule has 0 radical (unpaired) electrons. The van der Waals surface area contributed by atoms with Gasteiger partial charge in [0.2, 0.25) is 24.0 Å². The van der Waals surface area contributed by atoms with E-state index >= 15 is 0 Å². The van der Waals surface area contributed by atoms with Gasteiger partial charge >= 0.3 is 0 Å². The summed E-state index contributed by atoms with van der Waals surface area (Å²) in [6.07, 6.45) is -0.0577. The van der Waals surface area contributed by atoms with Crippen LogP contribution in [0.5, 0.6) is 17.2 Å². The smallest absolute Gasteiger partial charge is 0.265 e. The van der Waals surface area contributed by atoms with Crippen molar-refractivity contribution < 1.29 is 34.5 Å². The molecular weight excluding hydrogens is 322 g/mol.